The van der Waals surface area contributed by atoms with E-state index in [4.69, 9.17) is 11.6 Å². The van der Waals surface area contributed by atoms with Gasteiger partial charge in [-0.15, -0.1) is 0 Å². The summed E-state index contributed by atoms with van der Waals surface area (Å²) in [4.78, 5) is 11.2. The van der Waals surface area contributed by atoms with E-state index in [1.165, 1.54) is 13.3 Å². The second kappa shape index (κ2) is 3.31. The largest absolute Gasteiger partial charge is 0.465 e. The molecule has 0 N–H and O–H groups in total. The van der Waals surface area contributed by atoms with Crippen LogP contribution in [0.4, 0.5) is 0 Å². The predicted octanol–water partition coefficient (Wildman–Crippen LogP) is 1.77. The van der Waals surface area contributed by atoms with Gasteiger partial charge in [0.15, 0.2) is 0 Å². The number of hydrogen-bond acceptors (Lipinski definition) is 3. The standard InChI is InChI=1S/C9H7ClN2O2/c1-14-9(13)6-2-3-12-8(4-6)7(10)5-11-12/h2-5H,1H3. The second-order valence-corrected chi connectivity index (χ2v) is 3.14. The Labute approximate surface area is 85.0 Å². The number of methoxy groups -OCH3 is 1. The Morgan fingerprint density at radius 2 is 2.43 bits per heavy atom. The molecule has 0 atom stereocenters. The zero-order valence-corrected chi connectivity index (χ0v) is 8.15. The molecule has 0 aliphatic carbocycles. The van der Waals surface area contributed by atoms with Crippen molar-refractivity contribution in [3.05, 3.63) is 35.1 Å². The third kappa shape index (κ3) is 1.33. The second-order valence-electron chi connectivity index (χ2n) is 2.73. The topological polar surface area (TPSA) is 43.6 Å². The number of carbonyl (C=O) groups is 1. The highest BCUT2D eigenvalue weighted by Crippen LogP contribution is 2.17. The van der Waals surface area contributed by atoms with Crippen molar-refractivity contribution < 1.29 is 9.53 Å². The monoisotopic (exact) mass is 210 g/mol. The number of esters is 1. The number of ether oxygens (including phenoxy) is 1. The van der Waals surface area contributed by atoms with Crippen LogP contribution in [0.1, 0.15) is 10.4 Å². The lowest BCUT2D eigenvalue weighted by molar-refractivity contribution is 0.0601. The molecule has 2 heterocycles. The van der Waals surface area contributed by atoms with Crippen molar-refractivity contribution in [3.8, 4) is 0 Å². The molecule has 5 heteroatoms. The van der Waals surface area contributed by atoms with Gasteiger partial charge in [0, 0.05) is 6.20 Å². The van der Waals surface area contributed by atoms with Crippen LogP contribution in [-0.4, -0.2) is 22.7 Å². The normalized spacial score (nSPS) is 10.4. The fraction of sp³-hybridized carbons (Fsp3) is 0.111. The highest BCUT2D eigenvalue weighted by Gasteiger charge is 2.08. The number of aromatic nitrogens is 2. The van der Waals surface area contributed by atoms with Gasteiger partial charge in [-0.1, -0.05) is 11.6 Å². The van der Waals surface area contributed by atoms with Crippen LogP contribution in [0.3, 0.4) is 0 Å². The summed E-state index contributed by atoms with van der Waals surface area (Å²) in [6.07, 6.45) is 3.19. The van der Waals surface area contributed by atoms with Crippen molar-refractivity contribution in [1.29, 1.82) is 0 Å². The molecule has 14 heavy (non-hydrogen) atoms. The zero-order chi connectivity index (χ0) is 10.1. The van der Waals surface area contributed by atoms with Gasteiger partial charge >= 0.3 is 5.97 Å². The fourth-order valence-electron chi connectivity index (χ4n) is 1.20. The lowest BCUT2D eigenvalue weighted by Crippen LogP contribution is -2.01. The summed E-state index contributed by atoms with van der Waals surface area (Å²) in [6.45, 7) is 0. The Morgan fingerprint density at radius 1 is 1.64 bits per heavy atom. The molecule has 0 aliphatic heterocycles. The maximum Gasteiger partial charge on any atom is 0.337 e. The fourth-order valence-corrected chi connectivity index (χ4v) is 1.38. The van der Waals surface area contributed by atoms with Gasteiger partial charge in [-0.2, -0.15) is 5.10 Å². The Kier molecular flexibility index (Phi) is 2.13. The van der Waals surface area contributed by atoms with Crippen LogP contribution in [0.15, 0.2) is 24.5 Å². The highest BCUT2D eigenvalue weighted by atomic mass is 35.5. The van der Waals surface area contributed by atoms with Crippen molar-refractivity contribution in [3.63, 3.8) is 0 Å². The van der Waals surface area contributed by atoms with E-state index in [2.05, 4.69) is 9.84 Å². The first kappa shape index (κ1) is 9.02. The average Bonchev–Trinajstić information content (AvgIpc) is 2.59. The molecule has 0 spiro atoms. The van der Waals surface area contributed by atoms with Gasteiger partial charge in [0.05, 0.1) is 29.4 Å². The van der Waals surface area contributed by atoms with Gasteiger partial charge < -0.3 is 4.74 Å². The van der Waals surface area contributed by atoms with Crippen LogP contribution in [0.25, 0.3) is 5.52 Å². The Balaban J connectivity index is 2.60. The molecule has 0 aromatic carbocycles. The van der Waals surface area contributed by atoms with Gasteiger partial charge in [-0.3, -0.25) is 0 Å². The Bertz CT molecular complexity index is 493. The summed E-state index contributed by atoms with van der Waals surface area (Å²) in [5, 5.41) is 4.49. The van der Waals surface area contributed by atoms with Crippen molar-refractivity contribution in [2.45, 2.75) is 0 Å². The van der Waals surface area contributed by atoms with E-state index in [9.17, 15) is 4.79 Å². The van der Waals surface area contributed by atoms with Gasteiger partial charge in [0.25, 0.3) is 0 Å². The molecule has 72 valence electrons. The number of pyridine rings is 1. The van der Waals surface area contributed by atoms with E-state index >= 15 is 0 Å². The molecular formula is C9H7ClN2O2. The van der Waals surface area contributed by atoms with Crippen LogP contribution in [0.5, 0.6) is 0 Å². The minimum Gasteiger partial charge on any atom is -0.465 e. The average molecular weight is 211 g/mol. The Hall–Kier alpha value is -1.55. The number of hydrogen-bond donors (Lipinski definition) is 0. The van der Waals surface area contributed by atoms with E-state index in [1.807, 2.05) is 0 Å². The lowest BCUT2D eigenvalue weighted by atomic mass is 10.2. The van der Waals surface area contributed by atoms with Crippen LogP contribution in [-0.2, 0) is 4.74 Å². The summed E-state index contributed by atoms with van der Waals surface area (Å²) >= 11 is 5.86. The van der Waals surface area contributed by atoms with Crippen molar-refractivity contribution in [2.24, 2.45) is 0 Å². The van der Waals surface area contributed by atoms with Gasteiger partial charge in [0.1, 0.15) is 0 Å². The first-order chi connectivity index (χ1) is 6.72. The molecule has 0 radical (unpaired) electrons. The molecule has 0 aliphatic rings. The molecule has 0 unspecified atom stereocenters. The van der Waals surface area contributed by atoms with E-state index in [0.717, 1.165) is 0 Å². The number of nitrogens with zero attached hydrogens (tertiary/aromatic N) is 2. The minimum atomic E-state index is -0.384. The number of carbonyl (C=O) groups excluding carboxylic acids is 1. The smallest absolute Gasteiger partial charge is 0.337 e. The first-order valence-electron chi connectivity index (χ1n) is 3.93. The van der Waals surface area contributed by atoms with E-state index < -0.39 is 0 Å². The maximum absolute atomic E-state index is 11.2. The molecule has 0 bridgehead atoms. The van der Waals surface area contributed by atoms with Crippen molar-refractivity contribution in [1.82, 2.24) is 9.61 Å². The summed E-state index contributed by atoms with van der Waals surface area (Å²) in [5.74, 6) is -0.384. The molecule has 0 saturated carbocycles. The zero-order valence-electron chi connectivity index (χ0n) is 7.40. The molecule has 2 aromatic rings. The third-order valence-electron chi connectivity index (χ3n) is 1.90. The van der Waals surface area contributed by atoms with Crippen molar-refractivity contribution >= 4 is 23.1 Å². The quantitative estimate of drug-likeness (QED) is 0.674. The number of fused-ring (bicyclic) bond motifs is 1. The molecule has 2 rings (SSSR count). The van der Waals surface area contributed by atoms with Crippen LogP contribution in [0, 0.1) is 0 Å². The summed E-state index contributed by atoms with van der Waals surface area (Å²) < 4.78 is 6.18. The number of halogens is 1. The van der Waals surface area contributed by atoms with Crippen LogP contribution >= 0.6 is 11.6 Å². The summed E-state index contributed by atoms with van der Waals surface area (Å²) in [6, 6.07) is 3.27. The van der Waals surface area contributed by atoms with E-state index in [1.54, 1.807) is 22.8 Å². The van der Waals surface area contributed by atoms with Crippen LogP contribution in [0.2, 0.25) is 5.02 Å². The minimum absolute atomic E-state index is 0.384. The third-order valence-corrected chi connectivity index (χ3v) is 2.19. The number of rotatable bonds is 1. The lowest BCUT2D eigenvalue weighted by Gasteiger charge is -1.99. The summed E-state index contributed by atoms with van der Waals surface area (Å²) in [7, 11) is 1.34. The SMILES string of the molecule is COC(=O)c1ccn2ncc(Cl)c2c1. The van der Waals surface area contributed by atoms with Gasteiger partial charge in [-0.05, 0) is 12.1 Å². The summed E-state index contributed by atoms with van der Waals surface area (Å²) in [5.41, 5.74) is 1.15. The molecule has 0 fully saturated rings. The first-order valence-corrected chi connectivity index (χ1v) is 4.31. The molecule has 4 nitrogen and oxygen atoms in total. The predicted molar refractivity (Wildman–Crippen MR) is 51.5 cm³/mol. The molecule has 0 saturated heterocycles. The van der Waals surface area contributed by atoms with E-state index in [0.29, 0.717) is 16.1 Å². The Morgan fingerprint density at radius 3 is 3.14 bits per heavy atom. The highest BCUT2D eigenvalue weighted by molar-refractivity contribution is 6.33. The molecule has 2 aromatic heterocycles. The van der Waals surface area contributed by atoms with Crippen LogP contribution < -0.4 is 0 Å². The van der Waals surface area contributed by atoms with Gasteiger partial charge in [0.2, 0.25) is 0 Å². The molecule has 0 amide bonds. The molecular weight excluding hydrogens is 204 g/mol. The maximum atomic E-state index is 11.2. The van der Waals surface area contributed by atoms with Crippen molar-refractivity contribution in [2.75, 3.05) is 7.11 Å². The van der Waals surface area contributed by atoms with Gasteiger partial charge in [-0.25, -0.2) is 9.31 Å². The van der Waals surface area contributed by atoms with E-state index in [-0.39, 0.29) is 5.97 Å².